The number of carbonyl (C=O) groups is 1. The van der Waals surface area contributed by atoms with Crippen molar-refractivity contribution in [3.63, 3.8) is 0 Å². The Labute approximate surface area is 134 Å². The van der Waals surface area contributed by atoms with Crippen LogP contribution >= 0.6 is 11.6 Å². The number of nitrogens with one attached hydrogen (secondary N) is 1. The van der Waals surface area contributed by atoms with E-state index in [1.165, 1.54) is 0 Å². The van der Waals surface area contributed by atoms with E-state index >= 15 is 0 Å². The predicted molar refractivity (Wildman–Crippen MR) is 89.9 cm³/mol. The molecular weight excluding hydrogens is 296 g/mol. The van der Waals surface area contributed by atoms with Gasteiger partial charge in [0, 0.05) is 34.4 Å². The Hall–Kier alpha value is -2.52. The topological polar surface area (TPSA) is 34.0 Å². The molecule has 0 saturated heterocycles. The molecule has 1 amide bonds. The van der Waals surface area contributed by atoms with Crippen LogP contribution in [0.4, 0.5) is 5.69 Å². The second-order valence-electron chi connectivity index (χ2n) is 5.05. The number of carbonyl (C=O) groups excluding carboxylic acids is 1. The molecule has 1 N–H and O–H groups in total. The zero-order valence-corrected chi connectivity index (χ0v) is 12.8. The number of halogens is 1. The highest BCUT2D eigenvalue weighted by Crippen LogP contribution is 2.21. The molecule has 0 saturated carbocycles. The molecule has 1 heterocycles. The van der Waals surface area contributed by atoms with Gasteiger partial charge in [-0.2, -0.15) is 0 Å². The van der Waals surface area contributed by atoms with E-state index in [1.54, 1.807) is 12.1 Å². The van der Waals surface area contributed by atoms with Gasteiger partial charge in [-0.3, -0.25) is 4.79 Å². The number of aryl methyl sites for hydroxylation is 1. The van der Waals surface area contributed by atoms with Crippen molar-refractivity contribution in [2.75, 3.05) is 5.32 Å². The maximum atomic E-state index is 12.3. The lowest BCUT2D eigenvalue weighted by molar-refractivity contribution is 0.102. The van der Waals surface area contributed by atoms with E-state index in [9.17, 15) is 4.79 Å². The van der Waals surface area contributed by atoms with E-state index in [0.29, 0.717) is 10.6 Å². The van der Waals surface area contributed by atoms with Gasteiger partial charge < -0.3 is 9.88 Å². The minimum Gasteiger partial charge on any atom is -0.324 e. The SMILES string of the molecule is Cc1ccc(Cl)cc1NC(=O)c1ccc(-n2cccc2)cc1. The first kappa shape index (κ1) is 14.4. The van der Waals surface area contributed by atoms with Gasteiger partial charge >= 0.3 is 0 Å². The summed E-state index contributed by atoms with van der Waals surface area (Å²) < 4.78 is 1.99. The molecule has 2 aromatic carbocycles. The standard InChI is InChI=1S/C18H15ClN2O/c1-13-4-7-15(19)12-17(13)20-18(22)14-5-8-16(9-6-14)21-10-2-3-11-21/h2-12H,1H3,(H,20,22). The average molecular weight is 311 g/mol. The fourth-order valence-electron chi connectivity index (χ4n) is 2.21. The van der Waals surface area contributed by atoms with Crippen LogP contribution in [0, 0.1) is 6.92 Å². The maximum absolute atomic E-state index is 12.3. The predicted octanol–water partition coefficient (Wildman–Crippen LogP) is 4.69. The van der Waals surface area contributed by atoms with Crippen LogP contribution in [0.25, 0.3) is 5.69 Å². The third-order valence-electron chi connectivity index (χ3n) is 3.48. The maximum Gasteiger partial charge on any atom is 0.255 e. The number of aromatic nitrogens is 1. The van der Waals surface area contributed by atoms with Gasteiger partial charge in [-0.15, -0.1) is 0 Å². The Balaban J connectivity index is 1.79. The van der Waals surface area contributed by atoms with Gasteiger partial charge in [-0.25, -0.2) is 0 Å². The molecule has 0 aliphatic rings. The first-order chi connectivity index (χ1) is 10.6. The zero-order valence-electron chi connectivity index (χ0n) is 12.1. The fourth-order valence-corrected chi connectivity index (χ4v) is 2.39. The van der Waals surface area contributed by atoms with Gasteiger partial charge in [-0.1, -0.05) is 17.7 Å². The van der Waals surface area contributed by atoms with Gasteiger partial charge in [0.15, 0.2) is 0 Å². The van der Waals surface area contributed by atoms with Crippen molar-refractivity contribution >= 4 is 23.2 Å². The van der Waals surface area contributed by atoms with Gasteiger partial charge in [0.05, 0.1) is 0 Å². The number of anilines is 1. The summed E-state index contributed by atoms with van der Waals surface area (Å²) in [6.07, 6.45) is 3.93. The number of benzene rings is 2. The molecule has 0 radical (unpaired) electrons. The molecule has 4 heteroatoms. The lowest BCUT2D eigenvalue weighted by Crippen LogP contribution is -2.12. The Kier molecular flexibility index (Phi) is 3.98. The summed E-state index contributed by atoms with van der Waals surface area (Å²) in [4.78, 5) is 12.3. The van der Waals surface area contributed by atoms with Crippen LogP contribution in [0.1, 0.15) is 15.9 Å². The van der Waals surface area contributed by atoms with E-state index in [0.717, 1.165) is 16.9 Å². The molecular formula is C18H15ClN2O. The average Bonchev–Trinajstić information content (AvgIpc) is 3.05. The minimum absolute atomic E-state index is 0.149. The Bertz CT molecular complexity index is 792. The Morgan fingerprint density at radius 2 is 1.73 bits per heavy atom. The van der Waals surface area contributed by atoms with Crippen molar-refractivity contribution in [2.24, 2.45) is 0 Å². The molecule has 3 aromatic rings. The van der Waals surface area contributed by atoms with E-state index in [2.05, 4.69) is 5.32 Å². The number of amides is 1. The van der Waals surface area contributed by atoms with Gasteiger partial charge in [-0.05, 0) is 61.0 Å². The summed E-state index contributed by atoms with van der Waals surface area (Å²) in [6.45, 7) is 1.93. The monoisotopic (exact) mass is 310 g/mol. The van der Waals surface area contributed by atoms with Crippen molar-refractivity contribution in [2.45, 2.75) is 6.92 Å². The highest BCUT2D eigenvalue weighted by atomic mass is 35.5. The molecule has 0 fully saturated rings. The molecule has 0 atom stereocenters. The molecule has 22 heavy (non-hydrogen) atoms. The summed E-state index contributed by atoms with van der Waals surface area (Å²) in [5.41, 5.74) is 3.32. The summed E-state index contributed by atoms with van der Waals surface area (Å²) in [5.74, 6) is -0.149. The summed E-state index contributed by atoms with van der Waals surface area (Å²) >= 11 is 5.97. The van der Waals surface area contributed by atoms with Gasteiger partial charge in [0.2, 0.25) is 0 Å². The highest BCUT2D eigenvalue weighted by Gasteiger charge is 2.08. The van der Waals surface area contributed by atoms with Crippen LogP contribution in [0.15, 0.2) is 67.0 Å². The van der Waals surface area contributed by atoms with Crippen LogP contribution in [0.5, 0.6) is 0 Å². The zero-order chi connectivity index (χ0) is 15.5. The molecule has 3 rings (SSSR count). The molecule has 110 valence electrons. The van der Waals surface area contributed by atoms with Gasteiger partial charge in [0.25, 0.3) is 5.91 Å². The highest BCUT2D eigenvalue weighted by molar-refractivity contribution is 6.31. The second kappa shape index (κ2) is 6.08. The molecule has 0 aliphatic heterocycles. The van der Waals surface area contributed by atoms with Crippen molar-refractivity contribution in [1.29, 1.82) is 0 Å². The second-order valence-corrected chi connectivity index (χ2v) is 5.49. The number of nitrogens with zero attached hydrogens (tertiary/aromatic N) is 1. The first-order valence-electron chi connectivity index (χ1n) is 6.94. The normalized spacial score (nSPS) is 10.5. The third kappa shape index (κ3) is 3.05. The van der Waals surface area contributed by atoms with Crippen LogP contribution < -0.4 is 5.32 Å². The molecule has 3 nitrogen and oxygen atoms in total. The van der Waals surface area contributed by atoms with Crippen molar-refractivity contribution in [3.8, 4) is 5.69 Å². The third-order valence-corrected chi connectivity index (χ3v) is 3.71. The van der Waals surface area contributed by atoms with Crippen molar-refractivity contribution < 1.29 is 4.79 Å². The van der Waals surface area contributed by atoms with Crippen LogP contribution in [-0.4, -0.2) is 10.5 Å². The van der Waals surface area contributed by atoms with E-state index in [1.807, 2.05) is 66.3 Å². The quantitative estimate of drug-likeness (QED) is 0.748. The van der Waals surface area contributed by atoms with E-state index in [-0.39, 0.29) is 5.91 Å². The number of rotatable bonds is 3. The molecule has 0 aliphatic carbocycles. The lowest BCUT2D eigenvalue weighted by atomic mass is 10.1. The summed E-state index contributed by atoms with van der Waals surface area (Å²) in [7, 11) is 0. The molecule has 0 bridgehead atoms. The van der Waals surface area contributed by atoms with Crippen LogP contribution in [0.3, 0.4) is 0 Å². The lowest BCUT2D eigenvalue weighted by Gasteiger charge is -2.09. The molecule has 0 unspecified atom stereocenters. The summed E-state index contributed by atoms with van der Waals surface area (Å²) in [5, 5.41) is 3.49. The Morgan fingerprint density at radius 1 is 1.05 bits per heavy atom. The number of hydrogen-bond donors (Lipinski definition) is 1. The Morgan fingerprint density at radius 3 is 2.41 bits per heavy atom. The molecule has 0 spiro atoms. The largest absolute Gasteiger partial charge is 0.324 e. The smallest absolute Gasteiger partial charge is 0.255 e. The molecule has 1 aromatic heterocycles. The first-order valence-corrected chi connectivity index (χ1v) is 7.32. The van der Waals surface area contributed by atoms with Crippen LogP contribution in [0.2, 0.25) is 5.02 Å². The number of hydrogen-bond acceptors (Lipinski definition) is 1. The minimum atomic E-state index is -0.149. The van der Waals surface area contributed by atoms with Crippen molar-refractivity contribution in [3.05, 3.63) is 83.1 Å². The van der Waals surface area contributed by atoms with Gasteiger partial charge in [0.1, 0.15) is 0 Å². The van der Waals surface area contributed by atoms with Crippen molar-refractivity contribution in [1.82, 2.24) is 4.57 Å². The summed E-state index contributed by atoms with van der Waals surface area (Å²) in [6, 6.07) is 16.8. The van der Waals surface area contributed by atoms with Crippen LogP contribution in [-0.2, 0) is 0 Å². The van der Waals surface area contributed by atoms with E-state index < -0.39 is 0 Å². The van der Waals surface area contributed by atoms with E-state index in [4.69, 9.17) is 11.6 Å². The fraction of sp³-hybridized carbons (Fsp3) is 0.0556.